The molecule has 3 N–H and O–H groups in total. The van der Waals surface area contributed by atoms with Crippen LogP contribution in [0.2, 0.25) is 0 Å². The molecule has 2 aromatic rings. The van der Waals surface area contributed by atoms with Crippen molar-refractivity contribution in [2.75, 3.05) is 18.9 Å². The van der Waals surface area contributed by atoms with Crippen LogP contribution in [0.25, 0.3) is 0 Å². The molecular formula is C30H37N5O6. The van der Waals surface area contributed by atoms with E-state index in [1.165, 1.54) is 23.8 Å². The van der Waals surface area contributed by atoms with Crippen LogP contribution in [0.15, 0.2) is 54.6 Å². The van der Waals surface area contributed by atoms with Crippen molar-refractivity contribution in [2.45, 2.75) is 63.9 Å². The molecule has 2 aliphatic rings. The molecule has 0 saturated carbocycles. The van der Waals surface area contributed by atoms with Crippen LogP contribution in [-0.2, 0) is 35.9 Å². The summed E-state index contributed by atoms with van der Waals surface area (Å²) < 4.78 is 5.24. The summed E-state index contributed by atoms with van der Waals surface area (Å²) >= 11 is 0. The van der Waals surface area contributed by atoms with Gasteiger partial charge in [0.05, 0.1) is 5.41 Å². The van der Waals surface area contributed by atoms with Crippen molar-refractivity contribution < 1.29 is 28.7 Å². The van der Waals surface area contributed by atoms with Gasteiger partial charge in [-0.3, -0.25) is 19.2 Å². The lowest BCUT2D eigenvalue weighted by molar-refractivity contribution is -0.147. The Morgan fingerprint density at radius 3 is 2.49 bits per heavy atom. The highest BCUT2D eigenvalue weighted by molar-refractivity contribution is 6.07. The highest BCUT2D eigenvalue weighted by Gasteiger charge is 2.56. The van der Waals surface area contributed by atoms with E-state index in [1.807, 2.05) is 68.4 Å². The lowest BCUT2D eigenvalue weighted by Crippen LogP contribution is -2.57. The van der Waals surface area contributed by atoms with Gasteiger partial charge in [0.1, 0.15) is 24.9 Å². The second kappa shape index (κ2) is 12.4. The standard InChI is InChI=1S/C30H37N5O6/c1-19(2)14-24(34(4)26(37)20(3)32-29(40)41-16-21-10-6-5-7-11-21)27(38)35-17-30(15-25(35)31-18-36)22-12-8-9-13-23(22)33-28(30)39/h5-13,18-20,24-25H,14-17H2,1-4H3,(H,31,36)(H,32,40)(H,33,39)/t20-,24-,25-,30-/m0/s1. The molecule has 0 bridgehead atoms. The largest absolute Gasteiger partial charge is 0.445 e. The van der Waals surface area contributed by atoms with Crippen molar-refractivity contribution in [2.24, 2.45) is 5.92 Å². The smallest absolute Gasteiger partial charge is 0.408 e. The number of para-hydroxylation sites is 1. The molecule has 4 atom stereocenters. The molecule has 218 valence electrons. The van der Waals surface area contributed by atoms with Gasteiger partial charge in [-0.15, -0.1) is 0 Å². The van der Waals surface area contributed by atoms with Crippen LogP contribution in [0, 0.1) is 5.92 Å². The van der Waals surface area contributed by atoms with Crippen molar-refractivity contribution >= 4 is 35.9 Å². The molecule has 1 spiro atoms. The summed E-state index contributed by atoms with van der Waals surface area (Å²) in [5.41, 5.74) is 1.24. The highest BCUT2D eigenvalue weighted by Crippen LogP contribution is 2.46. The van der Waals surface area contributed by atoms with Crippen LogP contribution in [0.5, 0.6) is 0 Å². The Morgan fingerprint density at radius 1 is 1.12 bits per heavy atom. The van der Waals surface area contributed by atoms with Gasteiger partial charge in [-0.1, -0.05) is 62.4 Å². The Kier molecular flexibility index (Phi) is 8.95. The molecule has 41 heavy (non-hydrogen) atoms. The van der Waals surface area contributed by atoms with Gasteiger partial charge in [-0.05, 0) is 36.5 Å². The molecule has 1 saturated heterocycles. The van der Waals surface area contributed by atoms with Gasteiger partial charge in [0.2, 0.25) is 24.1 Å². The van der Waals surface area contributed by atoms with Crippen molar-refractivity contribution in [1.29, 1.82) is 0 Å². The average molecular weight is 564 g/mol. The van der Waals surface area contributed by atoms with Gasteiger partial charge < -0.3 is 30.5 Å². The molecule has 2 heterocycles. The first-order valence-corrected chi connectivity index (χ1v) is 13.7. The molecule has 0 unspecified atom stereocenters. The maximum atomic E-state index is 14.1. The minimum absolute atomic E-state index is 0.0443. The minimum Gasteiger partial charge on any atom is -0.445 e. The van der Waals surface area contributed by atoms with E-state index in [0.717, 1.165) is 11.1 Å². The lowest BCUT2D eigenvalue weighted by atomic mass is 9.80. The maximum Gasteiger partial charge on any atom is 0.408 e. The second-order valence-corrected chi connectivity index (χ2v) is 11.1. The van der Waals surface area contributed by atoms with Crippen LogP contribution in [0.1, 0.15) is 44.7 Å². The predicted molar refractivity (Wildman–Crippen MR) is 151 cm³/mol. The van der Waals surface area contributed by atoms with Crippen LogP contribution < -0.4 is 16.0 Å². The monoisotopic (exact) mass is 563 g/mol. The number of alkyl carbamates (subject to hydrolysis) is 1. The van der Waals surface area contributed by atoms with E-state index in [4.69, 9.17) is 4.74 Å². The summed E-state index contributed by atoms with van der Waals surface area (Å²) in [6.07, 6.45) is -0.428. The number of likely N-dealkylation sites (tertiary alicyclic amines) is 1. The zero-order chi connectivity index (χ0) is 29.7. The fourth-order valence-electron chi connectivity index (χ4n) is 5.62. The zero-order valence-corrected chi connectivity index (χ0v) is 23.8. The van der Waals surface area contributed by atoms with Gasteiger partial charge in [0, 0.05) is 25.7 Å². The number of anilines is 1. The molecule has 11 heteroatoms. The van der Waals surface area contributed by atoms with Gasteiger partial charge in [0.15, 0.2) is 0 Å². The summed E-state index contributed by atoms with van der Waals surface area (Å²) in [7, 11) is 1.52. The van der Waals surface area contributed by atoms with Crippen molar-refractivity contribution in [3.05, 3.63) is 65.7 Å². The van der Waals surface area contributed by atoms with E-state index in [1.54, 1.807) is 0 Å². The minimum atomic E-state index is -1.02. The fourth-order valence-corrected chi connectivity index (χ4v) is 5.62. The number of ether oxygens (including phenoxy) is 1. The molecule has 2 aliphatic heterocycles. The van der Waals surface area contributed by atoms with Crippen LogP contribution >= 0.6 is 0 Å². The van der Waals surface area contributed by atoms with E-state index < -0.39 is 35.7 Å². The van der Waals surface area contributed by atoms with E-state index >= 15 is 0 Å². The summed E-state index contributed by atoms with van der Waals surface area (Å²) in [4.78, 5) is 67.5. The van der Waals surface area contributed by atoms with E-state index in [0.29, 0.717) is 18.5 Å². The van der Waals surface area contributed by atoms with E-state index in [-0.39, 0.29) is 37.3 Å². The van der Waals surface area contributed by atoms with Gasteiger partial charge in [-0.2, -0.15) is 0 Å². The van der Waals surface area contributed by atoms with Gasteiger partial charge in [-0.25, -0.2) is 4.79 Å². The van der Waals surface area contributed by atoms with Crippen LogP contribution in [0.3, 0.4) is 0 Å². The first-order chi connectivity index (χ1) is 19.6. The Morgan fingerprint density at radius 2 is 1.80 bits per heavy atom. The SMILES string of the molecule is CC(C)C[C@@H](C(=O)N1C[C@]2(C[C@H]1NC=O)C(=O)Nc1ccccc12)N(C)C(=O)[C@H](C)NC(=O)OCc1ccccc1. The number of hydrogen-bond donors (Lipinski definition) is 3. The first kappa shape index (κ1) is 29.6. The number of benzene rings is 2. The molecule has 1 fully saturated rings. The third-order valence-electron chi connectivity index (χ3n) is 7.74. The lowest BCUT2D eigenvalue weighted by Gasteiger charge is -2.35. The number of hydrogen-bond acceptors (Lipinski definition) is 6. The quantitative estimate of drug-likeness (QED) is 0.380. The third-order valence-corrected chi connectivity index (χ3v) is 7.74. The molecule has 0 radical (unpaired) electrons. The van der Waals surface area contributed by atoms with Crippen molar-refractivity contribution in [3.8, 4) is 0 Å². The highest BCUT2D eigenvalue weighted by atomic mass is 16.5. The van der Waals surface area contributed by atoms with Gasteiger partial charge in [0.25, 0.3) is 0 Å². The molecule has 4 rings (SSSR count). The molecule has 0 aromatic heterocycles. The summed E-state index contributed by atoms with van der Waals surface area (Å²) in [6, 6.07) is 14.6. The second-order valence-electron chi connectivity index (χ2n) is 11.1. The number of nitrogens with zero attached hydrogens (tertiary/aromatic N) is 2. The molecule has 0 aliphatic carbocycles. The number of carbonyl (C=O) groups is 5. The normalized spacial score (nSPS) is 20.7. The number of rotatable bonds is 10. The number of amides is 5. The molecule has 11 nitrogen and oxygen atoms in total. The third kappa shape index (κ3) is 6.18. The molecule has 5 amide bonds. The van der Waals surface area contributed by atoms with Crippen molar-refractivity contribution in [1.82, 2.24) is 20.4 Å². The van der Waals surface area contributed by atoms with Crippen LogP contribution in [-0.4, -0.2) is 71.9 Å². The molecular weight excluding hydrogens is 526 g/mol. The predicted octanol–water partition coefficient (Wildman–Crippen LogP) is 2.37. The number of nitrogens with one attached hydrogen (secondary N) is 3. The first-order valence-electron chi connectivity index (χ1n) is 13.7. The number of fused-ring (bicyclic) bond motifs is 2. The summed E-state index contributed by atoms with van der Waals surface area (Å²) in [5.74, 6) is -1.05. The van der Waals surface area contributed by atoms with Crippen LogP contribution in [0.4, 0.5) is 10.5 Å². The maximum absolute atomic E-state index is 14.1. The zero-order valence-electron chi connectivity index (χ0n) is 23.8. The average Bonchev–Trinajstić information content (AvgIpc) is 3.47. The van der Waals surface area contributed by atoms with E-state index in [9.17, 15) is 24.0 Å². The number of carbonyl (C=O) groups excluding carboxylic acids is 5. The summed E-state index contributed by atoms with van der Waals surface area (Å²) in [5, 5.41) is 8.14. The Balaban J connectivity index is 1.50. The van der Waals surface area contributed by atoms with Gasteiger partial charge >= 0.3 is 6.09 Å². The Labute approximate surface area is 239 Å². The fraction of sp³-hybridized carbons (Fsp3) is 0.433. The van der Waals surface area contributed by atoms with Crippen molar-refractivity contribution in [3.63, 3.8) is 0 Å². The summed E-state index contributed by atoms with van der Waals surface area (Å²) in [6.45, 7) is 5.51. The topological polar surface area (TPSA) is 137 Å². The Bertz CT molecular complexity index is 1300. The Hall–Kier alpha value is -4.41. The van der Waals surface area contributed by atoms with E-state index in [2.05, 4.69) is 16.0 Å². The molecule has 2 aromatic carbocycles. The number of likely N-dealkylation sites (N-methyl/N-ethyl adjacent to an activating group) is 1.